The molecule has 1 unspecified atom stereocenters. The van der Waals surface area contributed by atoms with E-state index in [2.05, 4.69) is 27.8 Å². The van der Waals surface area contributed by atoms with Crippen LogP contribution in [0.3, 0.4) is 0 Å². The fourth-order valence-corrected chi connectivity index (χ4v) is 3.85. The molecule has 30 heavy (non-hydrogen) atoms. The molecule has 2 rings (SSSR count). The zero-order valence-corrected chi connectivity index (χ0v) is 19.0. The lowest BCUT2D eigenvalue weighted by molar-refractivity contribution is 0.110. The van der Waals surface area contributed by atoms with Gasteiger partial charge >= 0.3 is 0 Å². The summed E-state index contributed by atoms with van der Waals surface area (Å²) in [7, 11) is 0.809. The van der Waals surface area contributed by atoms with Crippen molar-refractivity contribution in [1.82, 2.24) is 10.6 Å². The molecule has 2 aromatic rings. The minimum Gasteiger partial charge on any atom is -0.491 e. The topological polar surface area (TPSA) is 72.0 Å². The molecule has 0 fully saturated rings. The molecule has 7 heteroatoms. The highest BCUT2D eigenvalue weighted by Gasteiger charge is 2.07. The van der Waals surface area contributed by atoms with Crippen molar-refractivity contribution in [2.75, 3.05) is 39.2 Å². The number of ether oxygens (including phenoxy) is 2. The molecule has 0 aliphatic rings. The summed E-state index contributed by atoms with van der Waals surface area (Å²) in [6, 6.07) is 16.1. The lowest BCUT2D eigenvalue weighted by Gasteiger charge is -2.15. The summed E-state index contributed by atoms with van der Waals surface area (Å²) in [5.41, 5.74) is 3.29. The van der Waals surface area contributed by atoms with E-state index >= 15 is 0 Å². The van der Waals surface area contributed by atoms with Crippen molar-refractivity contribution in [3.05, 3.63) is 65.2 Å². The maximum absolute atomic E-state index is 12.3. The summed E-state index contributed by atoms with van der Waals surface area (Å²) in [6.07, 6.45) is 0. The Kier molecular flexibility index (Phi) is 11.0. The Morgan fingerprint density at radius 3 is 2.63 bits per heavy atom. The molecule has 0 bridgehead atoms. The van der Waals surface area contributed by atoms with Crippen LogP contribution in [0.2, 0.25) is 0 Å². The molecule has 0 spiro atoms. The van der Waals surface area contributed by atoms with Gasteiger partial charge in [0.15, 0.2) is 5.96 Å². The summed E-state index contributed by atoms with van der Waals surface area (Å²) in [5.74, 6) is 2.65. The van der Waals surface area contributed by atoms with E-state index in [0.717, 1.165) is 22.4 Å². The van der Waals surface area contributed by atoms with Crippen LogP contribution in [0.1, 0.15) is 23.6 Å². The second-order valence-electron chi connectivity index (χ2n) is 6.78. The first-order chi connectivity index (χ1) is 14.6. The summed E-state index contributed by atoms with van der Waals surface area (Å²) in [6.45, 7) is 6.96. The van der Waals surface area contributed by atoms with Gasteiger partial charge in [-0.3, -0.25) is 9.20 Å². The van der Waals surface area contributed by atoms with Crippen LogP contribution in [0.15, 0.2) is 53.5 Å². The highest BCUT2D eigenvalue weighted by atomic mass is 32.2. The fourth-order valence-electron chi connectivity index (χ4n) is 2.81. The number of guanidine groups is 1. The SMILES string of the molecule is CCOCCOc1cc(C)ccc1CNC(=NC)NCCS(=O)Cc1ccccc1. The molecule has 2 N–H and O–H groups in total. The predicted molar refractivity (Wildman–Crippen MR) is 125 cm³/mol. The Morgan fingerprint density at radius 2 is 1.90 bits per heavy atom. The highest BCUT2D eigenvalue weighted by molar-refractivity contribution is 7.84. The van der Waals surface area contributed by atoms with Gasteiger partial charge in [-0.05, 0) is 31.0 Å². The van der Waals surface area contributed by atoms with Gasteiger partial charge in [-0.2, -0.15) is 0 Å². The minimum absolute atomic E-state index is 0.518. The van der Waals surface area contributed by atoms with Gasteiger partial charge in [-0.15, -0.1) is 0 Å². The van der Waals surface area contributed by atoms with Gasteiger partial charge in [-0.1, -0.05) is 42.5 Å². The Labute approximate surface area is 182 Å². The monoisotopic (exact) mass is 431 g/mol. The van der Waals surface area contributed by atoms with Gasteiger partial charge in [0.25, 0.3) is 0 Å². The van der Waals surface area contributed by atoms with Crippen molar-refractivity contribution in [3.8, 4) is 5.75 Å². The normalized spacial score (nSPS) is 12.4. The largest absolute Gasteiger partial charge is 0.491 e. The Balaban J connectivity index is 1.78. The van der Waals surface area contributed by atoms with Crippen molar-refractivity contribution in [2.24, 2.45) is 4.99 Å². The van der Waals surface area contributed by atoms with Crippen LogP contribution >= 0.6 is 0 Å². The summed E-state index contributed by atoms with van der Waals surface area (Å²) in [4.78, 5) is 4.25. The van der Waals surface area contributed by atoms with E-state index in [4.69, 9.17) is 9.47 Å². The average molecular weight is 432 g/mol. The van der Waals surface area contributed by atoms with Gasteiger partial charge in [-0.25, -0.2) is 0 Å². The van der Waals surface area contributed by atoms with E-state index in [-0.39, 0.29) is 0 Å². The first kappa shape index (κ1) is 23.9. The number of aliphatic imine (C=N–C) groups is 1. The lowest BCUT2D eigenvalue weighted by atomic mass is 10.1. The first-order valence-electron chi connectivity index (χ1n) is 10.3. The Hall–Kier alpha value is -2.38. The van der Waals surface area contributed by atoms with Gasteiger partial charge < -0.3 is 20.1 Å². The van der Waals surface area contributed by atoms with E-state index in [1.165, 1.54) is 0 Å². The third-order valence-electron chi connectivity index (χ3n) is 4.37. The van der Waals surface area contributed by atoms with Crippen LogP contribution < -0.4 is 15.4 Å². The molecule has 6 nitrogen and oxygen atoms in total. The van der Waals surface area contributed by atoms with E-state index < -0.39 is 10.8 Å². The Morgan fingerprint density at radius 1 is 1.10 bits per heavy atom. The molecule has 0 aromatic heterocycles. The van der Waals surface area contributed by atoms with Crippen LogP contribution in [0, 0.1) is 6.92 Å². The summed E-state index contributed by atoms with van der Waals surface area (Å²) in [5, 5.41) is 6.53. The molecule has 164 valence electrons. The summed E-state index contributed by atoms with van der Waals surface area (Å²) >= 11 is 0. The van der Waals surface area contributed by atoms with Crippen molar-refractivity contribution >= 4 is 16.8 Å². The first-order valence-corrected chi connectivity index (χ1v) is 11.7. The van der Waals surface area contributed by atoms with Gasteiger partial charge in [0.05, 0.1) is 6.61 Å². The van der Waals surface area contributed by atoms with Gasteiger partial charge in [0, 0.05) is 54.6 Å². The van der Waals surface area contributed by atoms with E-state index in [1.807, 2.05) is 50.2 Å². The quantitative estimate of drug-likeness (QED) is 0.307. The summed E-state index contributed by atoms with van der Waals surface area (Å²) < 4.78 is 23.5. The maximum Gasteiger partial charge on any atom is 0.191 e. The zero-order valence-electron chi connectivity index (χ0n) is 18.1. The van der Waals surface area contributed by atoms with Crippen molar-refractivity contribution in [3.63, 3.8) is 0 Å². The molecule has 0 aliphatic carbocycles. The second kappa shape index (κ2) is 13.8. The third-order valence-corrected chi connectivity index (χ3v) is 5.69. The average Bonchev–Trinajstić information content (AvgIpc) is 2.75. The minimum atomic E-state index is -0.918. The van der Waals surface area contributed by atoms with Crippen molar-refractivity contribution in [1.29, 1.82) is 0 Å². The zero-order chi connectivity index (χ0) is 21.6. The van der Waals surface area contributed by atoms with Gasteiger partial charge in [0.2, 0.25) is 0 Å². The number of benzene rings is 2. The highest BCUT2D eigenvalue weighted by Crippen LogP contribution is 2.20. The van der Waals surface area contributed by atoms with Crippen LogP contribution in [-0.2, 0) is 27.8 Å². The van der Waals surface area contributed by atoms with Crippen molar-refractivity contribution < 1.29 is 13.7 Å². The van der Waals surface area contributed by atoms with Gasteiger partial charge in [0.1, 0.15) is 12.4 Å². The molecule has 0 amide bonds. The Bertz CT molecular complexity index is 813. The standard InChI is InChI=1S/C23H33N3O3S/c1-4-28-13-14-29-22-16-19(2)10-11-21(22)17-26-23(24-3)25-12-15-30(27)18-20-8-6-5-7-9-20/h5-11,16H,4,12-15,17-18H2,1-3H3,(H2,24,25,26). The lowest BCUT2D eigenvalue weighted by Crippen LogP contribution is -2.38. The molecule has 0 saturated carbocycles. The van der Waals surface area contributed by atoms with E-state index in [9.17, 15) is 4.21 Å². The molecule has 0 radical (unpaired) electrons. The molecule has 0 aliphatic heterocycles. The van der Waals surface area contributed by atoms with Crippen LogP contribution in [0.4, 0.5) is 0 Å². The predicted octanol–water partition coefficient (Wildman–Crippen LogP) is 3.02. The number of aryl methyl sites for hydroxylation is 1. The molecule has 1 atom stereocenters. The number of nitrogens with one attached hydrogen (secondary N) is 2. The molecular formula is C23H33N3O3S. The second-order valence-corrected chi connectivity index (χ2v) is 8.36. The van der Waals surface area contributed by atoms with Crippen LogP contribution in [0.5, 0.6) is 5.75 Å². The number of hydrogen-bond donors (Lipinski definition) is 2. The van der Waals surface area contributed by atoms with E-state index in [0.29, 0.717) is 50.4 Å². The molecule has 2 aromatic carbocycles. The van der Waals surface area contributed by atoms with E-state index in [1.54, 1.807) is 7.05 Å². The maximum atomic E-state index is 12.3. The van der Waals surface area contributed by atoms with Crippen LogP contribution in [-0.4, -0.2) is 49.3 Å². The van der Waals surface area contributed by atoms with Crippen LogP contribution in [0.25, 0.3) is 0 Å². The molecule has 0 saturated heterocycles. The molecular weight excluding hydrogens is 398 g/mol. The molecule has 0 heterocycles. The number of nitrogens with zero attached hydrogens (tertiary/aromatic N) is 1. The van der Waals surface area contributed by atoms with Crippen molar-refractivity contribution in [2.45, 2.75) is 26.1 Å². The number of rotatable bonds is 12. The fraction of sp³-hybridized carbons (Fsp3) is 0.435. The number of hydrogen-bond acceptors (Lipinski definition) is 4. The smallest absolute Gasteiger partial charge is 0.191 e. The third kappa shape index (κ3) is 8.97.